The van der Waals surface area contributed by atoms with E-state index in [0.717, 1.165) is 51.5 Å². The highest BCUT2D eigenvalue weighted by Gasteiger charge is 2.35. The molecule has 0 bridgehead atoms. The Morgan fingerprint density at radius 1 is 1.20 bits per heavy atom. The Morgan fingerprint density at radius 2 is 1.90 bits per heavy atom. The summed E-state index contributed by atoms with van der Waals surface area (Å²) in [6.07, 6.45) is 7.94. The third-order valence-electron chi connectivity index (χ3n) is 7.11. The number of hydrogen-bond acceptors (Lipinski definition) is 8. The Kier molecular flexibility index (Phi) is 7.46. The number of nitrogens with zero attached hydrogens (tertiary/aromatic N) is 3. The smallest absolute Gasteiger partial charge is 0.329 e. The van der Waals surface area contributed by atoms with Gasteiger partial charge in [-0.05, 0) is 74.7 Å². The summed E-state index contributed by atoms with van der Waals surface area (Å²) in [4.78, 5) is 19.5. The fraction of sp³-hybridized carbons (Fsp3) is 0.810. The van der Waals surface area contributed by atoms with Crippen molar-refractivity contribution in [2.24, 2.45) is 28.9 Å². The number of aliphatic hydroxyl groups is 1. The summed E-state index contributed by atoms with van der Waals surface area (Å²) in [7, 11) is 0. The molecule has 0 aliphatic heterocycles. The van der Waals surface area contributed by atoms with Crippen molar-refractivity contribution in [1.82, 2.24) is 9.97 Å². The minimum Gasteiger partial charge on any atom is -0.393 e. The summed E-state index contributed by atoms with van der Waals surface area (Å²) in [6.45, 7) is 6.46. The van der Waals surface area contributed by atoms with E-state index < -0.39 is 4.92 Å². The molecule has 0 aromatic carbocycles. The molecule has 5 N–H and O–H groups in total. The molecule has 2 aliphatic rings. The van der Waals surface area contributed by atoms with E-state index >= 15 is 0 Å². The van der Waals surface area contributed by atoms with E-state index in [1.807, 2.05) is 0 Å². The van der Waals surface area contributed by atoms with Gasteiger partial charge in [0, 0.05) is 13.1 Å². The van der Waals surface area contributed by atoms with Crippen LogP contribution in [0.15, 0.2) is 6.20 Å². The molecule has 2 fully saturated rings. The first kappa shape index (κ1) is 22.7. The van der Waals surface area contributed by atoms with Gasteiger partial charge in [0.2, 0.25) is 11.8 Å². The molecule has 30 heavy (non-hydrogen) atoms. The number of nitrogens with one attached hydrogen (secondary N) is 2. The van der Waals surface area contributed by atoms with Crippen molar-refractivity contribution in [3.05, 3.63) is 16.3 Å². The third kappa shape index (κ3) is 5.78. The van der Waals surface area contributed by atoms with Gasteiger partial charge < -0.3 is 21.5 Å². The van der Waals surface area contributed by atoms with Crippen molar-refractivity contribution in [2.45, 2.75) is 64.9 Å². The fourth-order valence-electron chi connectivity index (χ4n) is 4.72. The molecule has 0 spiro atoms. The summed E-state index contributed by atoms with van der Waals surface area (Å²) in [6, 6.07) is 0. The van der Waals surface area contributed by atoms with Crippen LogP contribution >= 0.6 is 0 Å². The van der Waals surface area contributed by atoms with Gasteiger partial charge in [0.25, 0.3) is 0 Å². The van der Waals surface area contributed by atoms with Crippen LogP contribution in [-0.2, 0) is 0 Å². The zero-order valence-electron chi connectivity index (χ0n) is 18.1. The summed E-state index contributed by atoms with van der Waals surface area (Å²) in [5, 5.41) is 27.9. The van der Waals surface area contributed by atoms with Crippen molar-refractivity contribution in [1.29, 1.82) is 0 Å². The zero-order valence-corrected chi connectivity index (χ0v) is 18.1. The van der Waals surface area contributed by atoms with Crippen LogP contribution in [0, 0.1) is 33.3 Å². The Bertz CT molecular complexity index is 721. The van der Waals surface area contributed by atoms with Crippen molar-refractivity contribution >= 4 is 17.5 Å². The molecule has 168 valence electrons. The van der Waals surface area contributed by atoms with Crippen LogP contribution in [0.4, 0.5) is 17.5 Å². The highest BCUT2D eigenvalue weighted by molar-refractivity contribution is 5.57. The first-order valence-corrected chi connectivity index (χ1v) is 11.2. The number of nitrogens with two attached hydrogens (primary N) is 1. The first-order valence-electron chi connectivity index (χ1n) is 11.2. The van der Waals surface area contributed by atoms with E-state index in [1.165, 1.54) is 6.20 Å². The minimum atomic E-state index is -0.446. The molecule has 1 aromatic heterocycles. The molecule has 0 amide bonds. The lowest BCUT2D eigenvalue weighted by Gasteiger charge is -2.40. The molecule has 0 saturated heterocycles. The SMILES string of the molecule is CC1(C)CC[C@@H](O)C[C@H]1CNc1ncc([N+](=O)[O-])c(NCC2CCC(CN)CC2)n1. The second-order valence-corrected chi connectivity index (χ2v) is 9.68. The topological polar surface area (TPSA) is 139 Å². The maximum atomic E-state index is 11.4. The summed E-state index contributed by atoms with van der Waals surface area (Å²) in [5.74, 6) is 2.01. The van der Waals surface area contributed by atoms with Crippen molar-refractivity contribution in [3.8, 4) is 0 Å². The van der Waals surface area contributed by atoms with Gasteiger partial charge in [0.1, 0.15) is 6.20 Å². The number of hydrogen-bond donors (Lipinski definition) is 4. The predicted molar refractivity (Wildman–Crippen MR) is 117 cm³/mol. The van der Waals surface area contributed by atoms with Gasteiger partial charge in [-0.2, -0.15) is 4.98 Å². The number of nitro groups is 1. The molecule has 1 heterocycles. The predicted octanol–water partition coefficient (Wildman–Crippen LogP) is 3.16. The molecule has 9 heteroatoms. The number of anilines is 2. The van der Waals surface area contributed by atoms with E-state index in [0.29, 0.717) is 30.9 Å². The molecule has 2 aliphatic carbocycles. The van der Waals surface area contributed by atoms with Gasteiger partial charge >= 0.3 is 5.69 Å². The zero-order chi connectivity index (χ0) is 21.7. The van der Waals surface area contributed by atoms with Crippen LogP contribution in [-0.4, -0.2) is 45.7 Å². The Balaban J connectivity index is 1.62. The van der Waals surface area contributed by atoms with E-state index in [9.17, 15) is 15.2 Å². The van der Waals surface area contributed by atoms with Crippen molar-refractivity contribution < 1.29 is 10.0 Å². The van der Waals surface area contributed by atoms with Crippen LogP contribution in [0.25, 0.3) is 0 Å². The maximum Gasteiger partial charge on any atom is 0.329 e. The van der Waals surface area contributed by atoms with Gasteiger partial charge in [0.15, 0.2) is 0 Å². The first-order chi connectivity index (χ1) is 14.3. The van der Waals surface area contributed by atoms with Crippen LogP contribution in [0.2, 0.25) is 0 Å². The average molecular weight is 421 g/mol. The van der Waals surface area contributed by atoms with Gasteiger partial charge in [-0.25, -0.2) is 4.98 Å². The fourth-order valence-corrected chi connectivity index (χ4v) is 4.72. The lowest BCUT2D eigenvalue weighted by molar-refractivity contribution is -0.384. The molecular formula is C21H36N6O3. The van der Waals surface area contributed by atoms with Crippen LogP contribution < -0.4 is 16.4 Å². The molecule has 0 radical (unpaired) electrons. The summed E-state index contributed by atoms with van der Waals surface area (Å²) < 4.78 is 0. The number of aromatic nitrogens is 2. The monoisotopic (exact) mass is 420 g/mol. The number of aliphatic hydroxyl groups excluding tert-OH is 1. The Morgan fingerprint density at radius 3 is 2.57 bits per heavy atom. The normalized spacial score (nSPS) is 28.7. The lowest BCUT2D eigenvalue weighted by atomic mass is 9.68. The molecule has 3 rings (SSSR count). The Labute approximate surface area is 178 Å². The molecule has 0 unspecified atom stereocenters. The highest BCUT2D eigenvalue weighted by Crippen LogP contribution is 2.40. The molecule has 2 saturated carbocycles. The van der Waals surface area contributed by atoms with Crippen LogP contribution in [0.1, 0.15) is 58.8 Å². The van der Waals surface area contributed by atoms with Crippen LogP contribution in [0.5, 0.6) is 0 Å². The molecule has 2 atom stereocenters. The second kappa shape index (κ2) is 9.87. The van der Waals surface area contributed by atoms with E-state index in [1.54, 1.807) is 0 Å². The molecule has 1 aromatic rings. The Hall–Kier alpha value is -2.00. The van der Waals surface area contributed by atoms with Gasteiger partial charge in [-0.3, -0.25) is 10.1 Å². The third-order valence-corrected chi connectivity index (χ3v) is 7.11. The van der Waals surface area contributed by atoms with E-state index in [-0.39, 0.29) is 28.9 Å². The molecular weight excluding hydrogens is 384 g/mol. The van der Waals surface area contributed by atoms with Gasteiger partial charge in [-0.1, -0.05) is 13.8 Å². The van der Waals surface area contributed by atoms with E-state index in [2.05, 4.69) is 34.4 Å². The largest absolute Gasteiger partial charge is 0.393 e. The summed E-state index contributed by atoms with van der Waals surface area (Å²) >= 11 is 0. The standard InChI is InChI=1S/C21H36N6O3/c1-21(2)8-7-17(28)9-16(21)12-24-20-25-13-18(27(29)30)19(26-20)23-11-15-5-3-14(10-22)4-6-15/h13-17,28H,3-12,22H2,1-2H3,(H2,23,24,25,26)/t14?,15?,16-,17+/m0/s1. The second-order valence-electron chi connectivity index (χ2n) is 9.68. The van der Waals surface area contributed by atoms with Crippen LogP contribution in [0.3, 0.4) is 0 Å². The van der Waals surface area contributed by atoms with Crippen molar-refractivity contribution in [3.63, 3.8) is 0 Å². The summed E-state index contributed by atoms with van der Waals surface area (Å²) in [5.41, 5.74) is 5.78. The lowest BCUT2D eigenvalue weighted by Crippen LogP contribution is -2.38. The maximum absolute atomic E-state index is 11.4. The van der Waals surface area contributed by atoms with Crippen molar-refractivity contribution in [2.75, 3.05) is 30.3 Å². The molecule has 9 nitrogen and oxygen atoms in total. The minimum absolute atomic E-state index is 0.107. The van der Waals surface area contributed by atoms with E-state index in [4.69, 9.17) is 5.73 Å². The average Bonchev–Trinajstić information content (AvgIpc) is 2.73. The highest BCUT2D eigenvalue weighted by atomic mass is 16.6. The van der Waals surface area contributed by atoms with Gasteiger partial charge in [-0.15, -0.1) is 0 Å². The number of rotatable bonds is 8. The quantitative estimate of drug-likeness (QED) is 0.371. The van der Waals surface area contributed by atoms with Gasteiger partial charge in [0.05, 0.1) is 11.0 Å².